The van der Waals surface area contributed by atoms with E-state index in [-0.39, 0.29) is 12.1 Å². The topological polar surface area (TPSA) is 41.5 Å². The van der Waals surface area contributed by atoms with Crippen molar-refractivity contribution in [3.8, 4) is 5.75 Å². The van der Waals surface area contributed by atoms with Crippen molar-refractivity contribution in [1.82, 2.24) is 0 Å². The van der Waals surface area contributed by atoms with Gasteiger partial charge in [-0.15, -0.1) is 0 Å². The van der Waals surface area contributed by atoms with Crippen LogP contribution in [0.4, 0.5) is 5.69 Å². The van der Waals surface area contributed by atoms with Crippen LogP contribution in [0.3, 0.4) is 0 Å². The third kappa shape index (κ3) is 2.68. The van der Waals surface area contributed by atoms with Gasteiger partial charge in [0, 0.05) is 16.2 Å². The van der Waals surface area contributed by atoms with E-state index in [1.54, 1.807) is 7.11 Å². The fraction of sp³-hybridized carbons (Fsp3) is 0.500. The lowest BCUT2D eigenvalue weighted by atomic mass is 10.2. The zero-order valence-corrected chi connectivity index (χ0v) is 10.8. The van der Waals surface area contributed by atoms with Crippen molar-refractivity contribution in [2.45, 2.75) is 31.4 Å². The predicted octanol–water partition coefficient (Wildman–Crippen LogP) is 2.78. The Morgan fingerprint density at radius 3 is 2.81 bits per heavy atom. The second kappa shape index (κ2) is 5.06. The molecule has 0 aromatic heterocycles. The van der Waals surface area contributed by atoms with E-state index < -0.39 is 0 Å². The van der Waals surface area contributed by atoms with Crippen LogP contribution in [-0.2, 0) is 0 Å². The van der Waals surface area contributed by atoms with Crippen molar-refractivity contribution in [2.75, 3.05) is 12.4 Å². The Morgan fingerprint density at radius 1 is 1.38 bits per heavy atom. The van der Waals surface area contributed by atoms with Gasteiger partial charge in [-0.05, 0) is 31.4 Å². The van der Waals surface area contributed by atoms with Crippen LogP contribution in [0.5, 0.6) is 5.75 Å². The molecule has 0 saturated heterocycles. The third-order valence-corrected chi connectivity index (χ3v) is 3.40. The van der Waals surface area contributed by atoms with Crippen molar-refractivity contribution in [3.05, 3.63) is 22.7 Å². The molecule has 2 atom stereocenters. The number of anilines is 1. The van der Waals surface area contributed by atoms with Gasteiger partial charge in [0.15, 0.2) is 0 Å². The van der Waals surface area contributed by atoms with Crippen molar-refractivity contribution >= 4 is 21.6 Å². The van der Waals surface area contributed by atoms with Crippen LogP contribution in [0.15, 0.2) is 22.7 Å². The molecule has 1 fully saturated rings. The molecular weight excluding hydrogens is 270 g/mol. The molecular formula is C12H16BrNO2. The van der Waals surface area contributed by atoms with Gasteiger partial charge in [0.05, 0.1) is 19.3 Å². The summed E-state index contributed by atoms with van der Waals surface area (Å²) in [6.07, 6.45) is 2.77. The normalized spacial score (nSPS) is 24.4. The van der Waals surface area contributed by atoms with E-state index in [1.165, 1.54) is 0 Å². The van der Waals surface area contributed by atoms with Gasteiger partial charge < -0.3 is 15.2 Å². The van der Waals surface area contributed by atoms with Crippen LogP contribution < -0.4 is 10.1 Å². The van der Waals surface area contributed by atoms with Crippen LogP contribution in [0.1, 0.15) is 19.3 Å². The lowest BCUT2D eigenvalue weighted by molar-refractivity contribution is 0.172. The number of benzene rings is 1. The molecule has 1 aromatic rings. The first-order valence-corrected chi connectivity index (χ1v) is 6.27. The fourth-order valence-corrected chi connectivity index (χ4v) is 2.56. The minimum atomic E-state index is -0.232. The van der Waals surface area contributed by atoms with E-state index in [4.69, 9.17) is 4.74 Å². The highest BCUT2D eigenvalue weighted by atomic mass is 79.9. The van der Waals surface area contributed by atoms with E-state index in [1.807, 2.05) is 18.2 Å². The molecule has 2 N–H and O–H groups in total. The Balaban J connectivity index is 2.11. The molecule has 16 heavy (non-hydrogen) atoms. The lowest BCUT2D eigenvalue weighted by Crippen LogP contribution is -2.27. The lowest BCUT2D eigenvalue weighted by Gasteiger charge is -2.18. The standard InChI is InChI=1S/C12H16BrNO2/c1-16-10-6-8(13)5-9(7-10)14-11-3-2-4-12(11)15/h5-7,11-12,14-15H,2-4H2,1H3/t11-,12-/m0/s1. The summed E-state index contributed by atoms with van der Waals surface area (Å²) in [5.41, 5.74) is 0.983. The number of hydrogen-bond acceptors (Lipinski definition) is 3. The summed E-state index contributed by atoms with van der Waals surface area (Å²) in [6.45, 7) is 0. The summed E-state index contributed by atoms with van der Waals surface area (Å²) in [5, 5.41) is 13.1. The number of aliphatic hydroxyl groups is 1. The number of hydrogen-bond donors (Lipinski definition) is 2. The second-order valence-corrected chi connectivity index (χ2v) is 5.04. The first-order valence-electron chi connectivity index (χ1n) is 5.48. The molecule has 1 aliphatic carbocycles. The Kier molecular flexibility index (Phi) is 3.71. The number of rotatable bonds is 3. The molecule has 0 unspecified atom stereocenters. The molecule has 0 aliphatic heterocycles. The minimum Gasteiger partial charge on any atom is -0.497 e. The van der Waals surface area contributed by atoms with Gasteiger partial charge in [-0.1, -0.05) is 15.9 Å². The summed E-state index contributed by atoms with van der Waals surface area (Å²) < 4.78 is 6.17. The van der Waals surface area contributed by atoms with Gasteiger partial charge in [0.2, 0.25) is 0 Å². The van der Waals surface area contributed by atoms with Crippen molar-refractivity contribution in [2.24, 2.45) is 0 Å². The molecule has 0 heterocycles. The largest absolute Gasteiger partial charge is 0.497 e. The van der Waals surface area contributed by atoms with Crippen LogP contribution in [-0.4, -0.2) is 24.4 Å². The SMILES string of the molecule is COc1cc(Br)cc(N[C@H]2CCC[C@@H]2O)c1. The summed E-state index contributed by atoms with van der Waals surface area (Å²) >= 11 is 3.44. The third-order valence-electron chi connectivity index (χ3n) is 2.94. The molecule has 1 saturated carbocycles. The quantitative estimate of drug-likeness (QED) is 0.897. The molecule has 0 spiro atoms. The highest BCUT2D eigenvalue weighted by molar-refractivity contribution is 9.10. The van der Waals surface area contributed by atoms with Gasteiger partial charge in [-0.2, -0.15) is 0 Å². The molecule has 1 aliphatic rings. The van der Waals surface area contributed by atoms with Crippen LogP contribution >= 0.6 is 15.9 Å². The Bertz CT molecular complexity index is 370. The molecule has 0 radical (unpaired) electrons. The number of aliphatic hydroxyl groups excluding tert-OH is 1. The van der Waals surface area contributed by atoms with E-state index in [2.05, 4.69) is 21.2 Å². The van der Waals surface area contributed by atoms with Crippen molar-refractivity contribution in [1.29, 1.82) is 0 Å². The van der Waals surface area contributed by atoms with Crippen LogP contribution in [0, 0.1) is 0 Å². The number of ether oxygens (including phenoxy) is 1. The van der Waals surface area contributed by atoms with Crippen LogP contribution in [0.2, 0.25) is 0 Å². The maximum Gasteiger partial charge on any atom is 0.122 e. The average Bonchev–Trinajstić information content (AvgIpc) is 2.63. The van der Waals surface area contributed by atoms with E-state index in [0.717, 1.165) is 35.2 Å². The maximum atomic E-state index is 9.74. The summed E-state index contributed by atoms with van der Waals surface area (Å²) in [4.78, 5) is 0. The molecule has 0 bridgehead atoms. The molecule has 88 valence electrons. The van der Waals surface area contributed by atoms with Crippen LogP contribution in [0.25, 0.3) is 0 Å². The number of halogens is 1. The van der Waals surface area contributed by atoms with Gasteiger partial charge in [0.25, 0.3) is 0 Å². The smallest absolute Gasteiger partial charge is 0.122 e. The molecule has 0 amide bonds. The summed E-state index contributed by atoms with van der Waals surface area (Å²) in [5.74, 6) is 0.810. The van der Waals surface area contributed by atoms with Crippen molar-refractivity contribution < 1.29 is 9.84 Å². The zero-order chi connectivity index (χ0) is 11.5. The Labute approximate surface area is 104 Å². The average molecular weight is 286 g/mol. The highest BCUT2D eigenvalue weighted by Crippen LogP contribution is 2.28. The van der Waals surface area contributed by atoms with E-state index in [9.17, 15) is 5.11 Å². The first kappa shape index (κ1) is 11.7. The molecule has 2 rings (SSSR count). The Hall–Kier alpha value is -0.740. The predicted molar refractivity (Wildman–Crippen MR) is 68.0 cm³/mol. The highest BCUT2D eigenvalue weighted by Gasteiger charge is 2.24. The molecule has 4 heteroatoms. The van der Waals surface area contributed by atoms with E-state index >= 15 is 0 Å². The van der Waals surface area contributed by atoms with Gasteiger partial charge >= 0.3 is 0 Å². The number of methoxy groups -OCH3 is 1. The fourth-order valence-electron chi connectivity index (χ4n) is 2.09. The summed E-state index contributed by atoms with van der Waals surface area (Å²) in [6, 6.07) is 6.01. The maximum absolute atomic E-state index is 9.74. The van der Waals surface area contributed by atoms with Gasteiger partial charge in [-0.25, -0.2) is 0 Å². The monoisotopic (exact) mass is 285 g/mol. The Morgan fingerprint density at radius 2 is 2.19 bits per heavy atom. The second-order valence-electron chi connectivity index (χ2n) is 4.13. The molecule has 1 aromatic carbocycles. The first-order chi connectivity index (χ1) is 7.69. The van der Waals surface area contributed by atoms with Crippen molar-refractivity contribution in [3.63, 3.8) is 0 Å². The summed E-state index contributed by atoms with van der Waals surface area (Å²) in [7, 11) is 1.65. The zero-order valence-electron chi connectivity index (χ0n) is 9.24. The van der Waals surface area contributed by atoms with Gasteiger partial charge in [-0.3, -0.25) is 0 Å². The van der Waals surface area contributed by atoms with E-state index in [0.29, 0.717) is 0 Å². The minimum absolute atomic E-state index is 0.166. The van der Waals surface area contributed by atoms with Gasteiger partial charge in [0.1, 0.15) is 5.75 Å². The number of nitrogens with one attached hydrogen (secondary N) is 1. The molecule has 3 nitrogen and oxygen atoms in total.